The minimum absolute atomic E-state index is 0.0374. The summed E-state index contributed by atoms with van der Waals surface area (Å²) in [5.41, 5.74) is 7.12. The van der Waals surface area contributed by atoms with Crippen molar-refractivity contribution in [1.29, 1.82) is 0 Å². The van der Waals surface area contributed by atoms with E-state index < -0.39 is 24.2 Å². The summed E-state index contributed by atoms with van der Waals surface area (Å²) in [5.74, 6) is -0.0930. The lowest BCUT2D eigenvalue weighted by Gasteiger charge is -2.26. The van der Waals surface area contributed by atoms with Gasteiger partial charge in [0.05, 0.1) is 30.9 Å². The summed E-state index contributed by atoms with van der Waals surface area (Å²) in [6.07, 6.45) is -1.89. The monoisotopic (exact) mass is 503 g/mol. The lowest BCUT2D eigenvalue weighted by molar-refractivity contribution is 0.00446. The molecule has 0 radical (unpaired) electrons. The first kappa shape index (κ1) is 23.8. The molecule has 3 aromatic rings. The number of hydrogen-bond donors (Lipinski definition) is 5. The van der Waals surface area contributed by atoms with E-state index >= 15 is 0 Å². The lowest BCUT2D eigenvalue weighted by atomic mass is 10.1. The molecule has 0 spiro atoms. The van der Waals surface area contributed by atoms with Crippen LogP contribution in [0.1, 0.15) is 16.8 Å². The van der Waals surface area contributed by atoms with Crippen molar-refractivity contribution in [2.45, 2.75) is 24.7 Å². The summed E-state index contributed by atoms with van der Waals surface area (Å²) < 4.78 is 11.4. The molecule has 2 fully saturated rings. The highest BCUT2D eigenvalue weighted by Crippen LogP contribution is 2.39. The normalized spacial score (nSPS) is 24.7. The number of nitrogen functional groups attached to an aromatic ring is 1. The Kier molecular flexibility index (Phi) is 6.51. The van der Waals surface area contributed by atoms with Crippen molar-refractivity contribution < 1.29 is 29.3 Å². The fourth-order valence-electron chi connectivity index (χ4n) is 4.63. The van der Waals surface area contributed by atoms with E-state index in [1.165, 1.54) is 0 Å². The topological polar surface area (TPSA) is 167 Å². The molecule has 0 bridgehead atoms. The number of rotatable bonds is 5. The Morgan fingerprint density at radius 3 is 2.69 bits per heavy atom. The van der Waals surface area contributed by atoms with Gasteiger partial charge < -0.3 is 40.4 Å². The fraction of sp³-hybridized carbons (Fsp3) is 0.435. The number of aromatic nitrogens is 2. The molecule has 2 aromatic heterocycles. The van der Waals surface area contributed by atoms with Gasteiger partial charge in [-0.05, 0) is 24.6 Å². The molecule has 1 aromatic carbocycles. The van der Waals surface area contributed by atoms with Gasteiger partial charge in [0.25, 0.3) is 5.91 Å². The fourth-order valence-corrected chi connectivity index (χ4v) is 4.90. The van der Waals surface area contributed by atoms with Gasteiger partial charge in [-0.1, -0.05) is 17.7 Å². The Morgan fingerprint density at radius 2 is 1.97 bits per heavy atom. The largest absolute Gasteiger partial charge is 0.456 e. The number of aliphatic hydroxyl groups excluding tert-OH is 3. The minimum atomic E-state index is -1.13. The minimum Gasteiger partial charge on any atom is -0.456 e. The van der Waals surface area contributed by atoms with E-state index in [-0.39, 0.29) is 29.4 Å². The molecule has 186 valence electrons. The first-order valence-corrected chi connectivity index (χ1v) is 11.7. The Hall–Kier alpha value is -2.96. The molecule has 6 N–H and O–H groups in total. The van der Waals surface area contributed by atoms with Crippen LogP contribution in [0.5, 0.6) is 0 Å². The van der Waals surface area contributed by atoms with Gasteiger partial charge in [0.1, 0.15) is 28.4 Å². The smallest absolute Gasteiger partial charge is 0.254 e. The number of furan rings is 1. The molecule has 11 nitrogen and oxygen atoms in total. The first-order chi connectivity index (χ1) is 16.9. The van der Waals surface area contributed by atoms with E-state index in [4.69, 9.17) is 26.5 Å². The molecule has 3 heterocycles. The van der Waals surface area contributed by atoms with Gasteiger partial charge in [0.2, 0.25) is 5.95 Å². The molecule has 5 rings (SSSR count). The maximum atomic E-state index is 12.9. The number of carbonyl (C=O) groups is 1. The molecule has 0 unspecified atom stereocenters. The van der Waals surface area contributed by atoms with Gasteiger partial charge in [0.15, 0.2) is 0 Å². The van der Waals surface area contributed by atoms with Crippen molar-refractivity contribution in [2.75, 3.05) is 44.0 Å². The zero-order chi connectivity index (χ0) is 24.7. The van der Waals surface area contributed by atoms with Crippen LogP contribution in [0.25, 0.3) is 22.3 Å². The van der Waals surface area contributed by atoms with E-state index in [1.807, 2.05) is 0 Å². The number of anilines is 2. The third kappa shape index (κ3) is 4.53. The SMILES string of the molecule is Nc1nc(Cl)c(-c2cc3ccc(C(=O)N4CCOCC4)cc3o2)c(N[C@@H]2C[C@H](CO)[C@@H](O)[C@H]2O)n1. The predicted molar refractivity (Wildman–Crippen MR) is 128 cm³/mol. The van der Waals surface area contributed by atoms with Crippen molar-refractivity contribution in [3.05, 3.63) is 35.0 Å². The number of nitrogens with one attached hydrogen (secondary N) is 1. The number of benzene rings is 1. The summed E-state index contributed by atoms with van der Waals surface area (Å²) in [6.45, 7) is 1.83. The van der Waals surface area contributed by atoms with Crippen LogP contribution in [0, 0.1) is 5.92 Å². The second-order valence-corrected chi connectivity index (χ2v) is 9.13. The van der Waals surface area contributed by atoms with Gasteiger partial charge in [-0.25, -0.2) is 4.98 Å². The van der Waals surface area contributed by atoms with Gasteiger partial charge in [-0.15, -0.1) is 0 Å². The maximum absolute atomic E-state index is 12.9. The summed E-state index contributed by atoms with van der Waals surface area (Å²) >= 11 is 6.43. The number of nitrogens with two attached hydrogens (primary N) is 1. The number of fused-ring (bicyclic) bond motifs is 1. The van der Waals surface area contributed by atoms with Crippen LogP contribution in [-0.2, 0) is 4.74 Å². The molecule has 4 atom stereocenters. The van der Waals surface area contributed by atoms with E-state index in [0.717, 1.165) is 5.39 Å². The van der Waals surface area contributed by atoms with Crippen LogP contribution in [0.4, 0.5) is 11.8 Å². The molecule has 12 heteroatoms. The quantitative estimate of drug-likeness (QED) is 0.318. The third-order valence-electron chi connectivity index (χ3n) is 6.55. The molecule has 1 amide bonds. The Bertz CT molecular complexity index is 1250. The maximum Gasteiger partial charge on any atom is 0.254 e. The van der Waals surface area contributed by atoms with Crippen LogP contribution in [0.3, 0.4) is 0 Å². The molecule has 1 aliphatic carbocycles. The van der Waals surface area contributed by atoms with E-state index in [9.17, 15) is 20.1 Å². The first-order valence-electron chi connectivity index (χ1n) is 11.3. The summed E-state index contributed by atoms with van der Waals surface area (Å²) in [5, 5.41) is 33.9. The average molecular weight is 504 g/mol. The number of amides is 1. The van der Waals surface area contributed by atoms with Gasteiger partial charge in [-0.3, -0.25) is 4.79 Å². The molecule has 35 heavy (non-hydrogen) atoms. The van der Waals surface area contributed by atoms with Crippen LogP contribution in [0.2, 0.25) is 5.15 Å². The van der Waals surface area contributed by atoms with Crippen LogP contribution in [-0.4, -0.2) is 87.3 Å². The third-order valence-corrected chi connectivity index (χ3v) is 6.83. The highest BCUT2D eigenvalue weighted by molar-refractivity contribution is 6.32. The molecular formula is C23H26ClN5O6. The van der Waals surface area contributed by atoms with Crippen LogP contribution >= 0.6 is 11.6 Å². The Morgan fingerprint density at radius 1 is 1.20 bits per heavy atom. The highest BCUT2D eigenvalue weighted by atomic mass is 35.5. The zero-order valence-corrected chi connectivity index (χ0v) is 19.5. The van der Waals surface area contributed by atoms with Crippen molar-refractivity contribution in [3.63, 3.8) is 0 Å². The van der Waals surface area contributed by atoms with Crippen LogP contribution in [0.15, 0.2) is 28.7 Å². The average Bonchev–Trinajstić information content (AvgIpc) is 3.39. The number of carbonyl (C=O) groups excluding carboxylic acids is 1. The number of halogens is 1. The van der Waals surface area contributed by atoms with E-state index in [1.54, 1.807) is 29.2 Å². The van der Waals surface area contributed by atoms with E-state index in [2.05, 4.69) is 15.3 Å². The van der Waals surface area contributed by atoms with E-state index in [0.29, 0.717) is 55.2 Å². The second-order valence-electron chi connectivity index (χ2n) is 8.77. The molecule has 1 saturated carbocycles. The number of ether oxygens (including phenoxy) is 1. The molecule has 1 saturated heterocycles. The molecular weight excluding hydrogens is 478 g/mol. The summed E-state index contributed by atoms with van der Waals surface area (Å²) in [7, 11) is 0. The lowest BCUT2D eigenvalue weighted by Crippen LogP contribution is -2.40. The Balaban J connectivity index is 1.48. The Labute approximate surface area is 205 Å². The zero-order valence-electron chi connectivity index (χ0n) is 18.7. The highest BCUT2D eigenvalue weighted by Gasteiger charge is 2.41. The number of hydrogen-bond acceptors (Lipinski definition) is 10. The summed E-state index contributed by atoms with van der Waals surface area (Å²) in [4.78, 5) is 22.9. The number of nitrogens with zero attached hydrogens (tertiary/aromatic N) is 3. The number of aliphatic hydroxyl groups is 3. The van der Waals surface area contributed by atoms with Crippen molar-refractivity contribution in [2.24, 2.45) is 5.92 Å². The van der Waals surface area contributed by atoms with Gasteiger partial charge in [0, 0.05) is 36.6 Å². The predicted octanol–water partition coefficient (Wildman–Crippen LogP) is 1.11. The molecule has 1 aliphatic heterocycles. The second kappa shape index (κ2) is 9.59. The number of morpholine rings is 1. The molecule has 2 aliphatic rings. The van der Waals surface area contributed by atoms with Gasteiger partial charge >= 0.3 is 0 Å². The van der Waals surface area contributed by atoms with Crippen LogP contribution < -0.4 is 11.1 Å². The summed E-state index contributed by atoms with van der Waals surface area (Å²) in [6, 6.07) is 6.36. The van der Waals surface area contributed by atoms with Crippen molar-refractivity contribution in [1.82, 2.24) is 14.9 Å². The van der Waals surface area contributed by atoms with Crippen molar-refractivity contribution in [3.8, 4) is 11.3 Å². The van der Waals surface area contributed by atoms with Gasteiger partial charge in [-0.2, -0.15) is 4.98 Å². The standard InChI is InChI=1S/C23H26ClN5O6/c24-20-17(21(28-23(25)27-20)26-14-7-13(10-30)18(31)19(14)32)16-8-11-1-2-12(9-15(11)35-16)22(33)29-3-5-34-6-4-29/h1-2,8-9,13-14,18-19,30-32H,3-7,10H2,(H3,25,26,27,28)/t13-,14-,18-,19+/m1/s1. The van der Waals surface area contributed by atoms with Crippen molar-refractivity contribution >= 4 is 40.2 Å².